The van der Waals surface area contributed by atoms with Gasteiger partial charge >= 0.3 is 0 Å². The second kappa shape index (κ2) is 5.61. The lowest BCUT2D eigenvalue weighted by atomic mass is 10.1. The van der Waals surface area contributed by atoms with Gasteiger partial charge in [0.2, 0.25) is 0 Å². The standard InChI is InChI=1S/C15H17N5O2/c1-9(16)15-18-17-14-7-5-11(19-20(14)15)10-4-6-12(21-2)13(8-10)22-3/h4-9H,16H2,1-3H3. The average molecular weight is 299 g/mol. The highest BCUT2D eigenvalue weighted by molar-refractivity contribution is 5.64. The third-order valence-corrected chi connectivity index (χ3v) is 3.37. The molecule has 1 aromatic carbocycles. The summed E-state index contributed by atoms with van der Waals surface area (Å²) >= 11 is 0. The number of benzene rings is 1. The van der Waals surface area contributed by atoms with E-state index in [0.717, 1.165) is 11.3 Å². The summed E-state index contributed by atoms with van der Waals surface area (Å²) in [6.07, 6.45) is 0. The quantitative estimate of drug-likeness (QED) is 0.790. The fourth-order valence-corrected chi connectivity index (χ4v) is 2.24. The second-order valence-corrected chi connectivity index (χ2v) is 4.91. The van der Waals surface area contributed by atoms with E-state index < -0.39 is 0 Å². The Morgan fingerprint density at radius 1 is 1.05 bits per heavy atom. The zero-order chi connectivity index (χ0) is 15.7. The van der Waals surface area contributed by atoms with Gasteiger partial charge < -0.3 is 15.2 Å². The molecule has 0 fully saturated rings. The van der Waals surface area contributed by atoms with Crippen molar-refractivity contribution in [1.82, 2.24) is 19.8 Å². The van der Waals surface area contributed by atoms with Crippen molar-refractivity contribution < 1.29 is 9.47 Å². The van der Waals surface area contributed by atoms with Gasteiger partial charge in [0.05, 0.1) is 26.0 Å². The zero-order valence-corrected chi connectivity index (χ0v) is 12.6. The topological polar surface area (TPSA) is 87.6 Å². The van der Waals surface area contributed by atoms with Crippen molar-refractivity contribution >= 4 is 5.65 Å². The van der Waals surface area contributed by atoms with Crippen molar-refractivity contribution in [2.45, 2.75) is 13.0 Å². The van der Waals surface area contributed by atoms with Crippen LogP contribution >= 0.6 is 0 Å². The van der Waals surface area contributed by atoms with Gasteiger partial charge in [-0.25, -0.2) is 0 Å². The Balaban J connectivity index is 2.11. The number of nitrogens with zero attached hydrogens (tertiary/aromatic N) is 4. The van der Waals surface area contributed by atoms with E-state index >= 15 is 0 Å². The number of hydrogen-bond acceptors (Lipinski definition) is 6. The molecule has 0 amide bonds. The maximum Gasteiger partial charge on any atom is 0.178 e. The summed E-state index contributed by atoms with van der Waals surface area (Å²) in [5.41, 5.74) is 8.24. The Kier molecular flexibility index (Phi) is 3.64. The first-order chi connectivity index (χ1) is 10.6. The normalized spacial score (nSPS) is 12.4. The Hall–Kier alpha value is -2.67. The van der Waals surface area contributed by atoms with Gasteiger partial charge in [-0.05, 0) is 37.3 Å². The first kappa shape index (κ1) is 14.3. The lowest BCUT2D eigenvalue weighted by Crippen LogP contribution is -2.11. The zero-order valence-electron chi connectivity index (χ0n) is 12.6. The molecule has 0 bridgehead atoms. The van der Waals surface area contributed by atoms with Crippen LogP contribution in [0, 0.1) is 0 Å². The van der Waals surface area contributed by atoms with E-state index in [1.165, 1.54) is 0 Å². The molecule has 2 heterocycles. The van der Waals surface area contributed by atoms with E-state index in [1.54, 1.807) is 18.7 Å². The summed E-state index contributed by atoms with van der Waals surface area (Å²) in [5.74, 6) is 1.95. The molecular weight excluding hydrogens is 282 g/mol. The van der Waals surface area contributed by atoms with Gasteiger partial charge in [-0.2, -0.15) is 9.61 Å². The lowest BCUT2D eigenvalue weighted by Gasteiger charge is -2.09. The fraction of sp³-hybridized carbons (Fsp3) is 0.267. The van der Waals surface area contributed by atoms with Gasteiger partial charge in [-0.15, -0.1) is 10.2 Å². The molecule has 1 atom stereocenters. The fourth-order valence-electron chi connectivity index (χ4n) is 2.24. The molecule has 1 unspecified atom stereocenters. The number of aromatic nitrogens is 4. The number of methoxy groups -OCH3 is 2. The monoisotopic (exact) mass is 299 g/mol. The minimum Gasteiger partial charge on any atom is -0.493 e. The van der Waals surface area contributed by atoms with Crippen molar-refractivity contribution in [2.75, 3.05) is 14.2 Å². The Labute approximate surface area is 127 Å². The van der Waals surface area contributed by atoms with Crippen LogP contribution in [0.5, 0.6) is 11.5 Å². The minimum absolute atomic E-state index is 0.247. The van der Waals surface area contributed by atoms with E-state index in [1.807, 2.05) is 37.3 Å². The van der Waals surface area contributed by atoms with Crippen LogP contribution in [0.2, 0.25) is 0 Å². The highest BCUT2D eigenvalue weighted by atomic mass is 16.5. The van der Waals surface area contributed by atoms with E-state index in [-0.39, 0.29) is 6.04 Å². The molecule has 3 aromatic rings. The van der Waals surface area contributed by atoms with Gasteiger partial charge in [0.25, 0.3) is 0 Å². The predicted octanol–water partition coefficient (Wildman–Crippen LogP) is 1.83. The van der Waals surface area contributed by atoms with E-state index in [4.69, 9.17) is 15.2 Å². The van der Waals surface area contributed by atoms with Gasteiger partial charge in [0.15, 0.2) is 23.0 Å². The molecule has 22 heavy (non-hydrogen) atoms. The molecule has 2 aromatic heterocycles. The molecule has 0 spiro atoms. The Morgan fingerprint density at radius 3 is 2.50 bits per heavy atom. The average Bonchev–Trinajstić information content (AvgIpc) is 2.97. The van der Waals surface area contributed by atoms with Crippen LogP contribution in [0.25, 0.3) is 16.9 Å². The first-order valence-corrected chi connectivity index (χ1v) is 6.84. The molecule has 0 radical (unpaired) electrons. The van der Waals surface area contributed by atoms with E-state index in [2.05, 4.69) is 15.3 Å². The third-order valence-electron chi connectivity index (χ3n) is 3.37. The Morgan fingerprint density at radius 2 is 1.82 bits per heavy atom. The van der Waals surface area contributed by atoms with Crippen LogP contribution in [0.3, 0.4) is 0 Å². The number of fused-ring (bicyclic) bond motifs is 1. The number of rotatable bonds is 4. The number of hydrogen-bond donors (Lipinski definition) is 1. The summed E-state index contributed by atoms with van der Waals surface area (Å²) in [7, 11) is 3.21. The molecule has 0 saturated carbocycles. The highest BCUT2D eigenvalue weighted by Crippen LogP contribution is 2.31. The Bertz CT molecular complexity index is 813. The van der Waals surface area contributed by atoms with E-state index in [9.17, 15) is 0 Å². The molecule has 3 rings (SSSR count). The lowest BCUT2D eigenvalue weighted by molar-refractivity contribution is 0.355. The summed E-state index contributed by atoms with van der Waals surface area (Å²) < 4.78 is 12.2. The van der Waals surface area contributed by atoms with Crippen LogP contribution in [0.15, 0.2) is 30.3 Å². The molecule has 0 aliphatic heterocycles. The first-order valence-electron chi connectivity index (χ1n) is 6.84. The summed E-state index contributed by atoms with van der Waals surface area (Å²) in [5, 5.41) is 12.7. The third kappa shape index (κ3) is 2.35. The summed E-state index contributed by atoms with van der Waals surface area (Å²) in [4.78, 5) is 0. The molecule has 114 valence electrons. The van der Waals surface area contributed by atoms with Gasteiger partial charge in [-0.3, -0.25) is 0 Å². The summed E-state index contributed by atoms with van der Waals surface area (Å²) in [6, 6.07) is 9.14. The number of nitrogens with two attached hydrogens (primary N) is 1. The number of ether oxygens (including phenoxy) is 2. The van der Waals surface area contributed by atoms with Gasteiger partial charge in [-0.1, -0.05) is 0 Å². The SMILES string of the molecule is COc1ccc(-c2ccc3nnc(C(C)N)n3n2)cc1OC. The highest BCUT2D eigenvalue weighted by Gasteiger charge is 2.13. The molecule has 7 heteroatoms. The van der Waals surface area contributed by atoms with Crippen molar-refractivity contribution in [3.8, 4) is 22.8 Å². The molecule has 7 nitrogen and oxygen atoms in total. The van der Waals surface area contributed by atoms with Crippen LogP contribution in [0.1, 0.15) is 18.8 Å². The molecule has 2 N–H and O–H groups in total. The van der Waals surface area contributed by atoms with Crippen LogP contribution in [-0.4, -0.2) is 34.0 Å². The second-order valence-electron chi connectivity index (χ2n) is 4.91. The van der Waals surface area contributed by atoms with Crippen LogP contribution < -0.4 is 15.2 Å². The summed E-state index contributed by atoms with van der Waals surface area (Å²) in [6.45, 7) is 1.85. The molecule has 0 saturated heterocycles. The largest absolute Gasteiger partial charge is 0.493 e. The van der Waals surface area contributed by atoms with Crippen LogP contribution in [0.4, 0.5) is 0 Å². The van der Waals surface area contributed by atoms with E-state index in [0.29, 0.717) is 23.0 Å². The molecule has 0 aliphatic carbocycles. The van der Waals surface area contributed by atoms with Gasteiger partial charge in [0, 0.05) is 5.56 Å². The minimum atomic E-state index is -0.247. The molecular formula is C15H17N5O2. The van der Waals surface area contributed by atoms with Crippen LogP contribution in [-0.2, 0) is 0 Å². The van der Waals surface area contributed by atoms with Crippen molar-refractivity contribution in [3.05, 3.63) is 36.2 Å². The van der Waals surface area contributed by atoms with Crippen molar-refractivity contribution in [2.24, 2.45) is 5.73 Å². The maximum absolute atomic E-state index is 5.90. The predicted molar refractivity (Wildman–Crippen MR) is 81.9 cm³/mol. The smallest absolute Gasteiger partial charge is 0.178 e. The molecule has 0 aliphatic rings. The maximum atomic E-state index is 5.90. The van der Waals surface area contributed by atoms with Crippen molar-refractivity contribution in [3.63, 3.8) is 0 Å². The van der Waals surface area contributed by atoms with Gasteiger partial charge in [0.1, 0.15) is 0 Å². The van der Waals surface area contributed by atoms with Crippen molar-refractivity contribution in [1.29, 1.82) is 0 Å².